The van der Waals surface area contributed by atoms with E-state index < -0.39 is 0 Å². The summed E-state index contributed by atoms with van der Waals surface area (Å²) in [6, 6.07) is 1.88. The first-order valence-corrected chi connectivity index (χ1v) is 6.54. The van der Waals surface area contributed by atoms with Crippen LogP contribution in [0.3, 0.4) is 0 Å². The lowest BCUT2D eigenvalue weighted by molar-refractivity contribution is 0.0781. The fourth-order valence-corrected chi connectivity index (χ4v) is 3.21. The SMILES string of the molecule is Cc1cc(C(=O)N(C)Cc2ncn[nH]2)c(Br)s1. The number of rotatable bonds is 3. The van der Waals surface area contributed by atoms with Crippen molar-refractivity contribution in [2.24, 2.45) is 0 Å². The van der Waals surface area contributed by atoms with E-state index in [0.717, 1.165) is 8.66 Å². The molecule has 2 heterocycles. The summed E-state index contributed by atoms with van der Waals surface area (Å²) in [6.07, 6.45) is 1.43. The molecule has 0 aliphatic carbocycles. The van der Waals surface area contributed by atoms with E-state index in [1.54, 1.807) is 23.3 Å². The van der Waals surface area contributed by atoms with E-state index in [2.05, 4.69) is 31.1 Å². The van der Waals surface area contributed by atoms with Gasteiger partial charge in [-0.25, -0.2) is 4.98 Å². The van der Waals surface area contributed by atoms with Gasteiger partial charge in [0.05, 0.1) is 15.9 Å². The number of halogens is 1. The summed E-state index contributed by atoms with van der Waals surface area (Å²) in [7, 11) is 1.74. The average Bonchev–Trinajstić information content (AvgIpc) is 2.87. The molecule has 2 aromatic rings. The highest BCUT2D eigenvalue weighted by Crippen LogP contribution is 2.28. The Morgan fingerprint density at radius 2 is 2.41 bits per heavy atom. The van der Waals surface area contributed by atoms with Gasteiger partial charge in [0.25, 0.3) is 5.91 Å². The van der Waals surface area contributed by atoms with Crippen LogP contribution in [-0.2, 0) is 6.54 Å². The molecule has 1 N–H and O–H groups in total. The third kappa shape index (κ3) is 2.73. The fourth-order valence-electron chi connectivity index (χ4n) is 1.44. The summed E-state index contributed by atoms with van der Waals surface area (Å²) in [4.78, 5) is 18.8. The number of hydrogen-bond acceptors (Lipinski definition) is 4. The third-order valence-electron chi connectivity index (χ3n) is 2.24. The Kier molecular flexibility index (Phi) is 3.58. The molecule has 0 saturated heterocycles. The molecule has 0 unspecified atom stereocenters. The normalized spacial score (nSPS) is 10.5. The number of aryl methyl sites for hydroxylation is 1. The van der Waals surface area contributed by atoms with Crippen molar-refractivity contribution in [3.63, 3.8) is 0 Å². The minimum atomic E-state index is -0.0300. The summed E-state index contributed by atoms with van der Waals surface area (Å²) in [5.41, 5.74) is 0.689. The van der Waals surface area contributed by atoms with E-state index in [4.69, 9.17) is 0 Å². The van der Waals surface area contributed by atoms with Crippen LogP contribution >= 0.6 is 27.3 Å². The van der Waals surface area contributed by atoms with Crippen molar-refractivity contribution in [3.05, 3.63) is 32.4 Å². The van der Waals surface area contributed by atoms with Gasteiger partial charge in [0.2, 0.25) is 0 Å². The molecule has 90 valence electrons. The van der Waals surface area contributed by atoms with Crippen molar-refractivity contribution in [1.82, 2.24) is 20.1 Å². The smallest absolute Gasteiger partial charge is 0.256 e. The first-order chi connectivity index (χ1) is 8.08. The molecule has 0 aromatic carbocycles. The van der Waals surface area contributed by atoms with Crippen molar-refractivity contribution >= 4 is 33.2 Å². The van der Waals surface area contributed by atoms with Gasteiger partial charge in [-0.1, -0.05) is 0 Å². The molecule has 0 fully saturated rings. The number of nitrogens with one attached hydrogen (secondary N) is 1. The van der Waals surface area contributed by atoms with Crippen molar-refractivity contribution in [2.45, 2.75) is 13.5 Å². The molecule has 0 aliphatic rings. The molecular formula is C10H11BrN4OS. The van der Waals surface area contributed by atoms with Crippen LogP contribution in [0.15, 0.2) is 16.2 Å². The number of hydrogen-bond donors (Lipinski definition) is 1. The van der Waals surface area contributed by atoms with Gasteiger partial charge in [-0.2, -0.15) is 5.10 Å². The number of amides is 1. The second-order valence-electron chi connectivity index (χ2n) is 3.64. The number of thiophene rings is 1. The Balaban J connectivity index is 2.12. The van der Waals surface area contributed by atoms with E-state index in [0.29, 0.717) is 17.9 Å². The van der Waals surface area contributed by atoms with Crippen LogP contribution in [0.5, 0.6) is 0 Å². The van der Waals surface area contributed by atoms with Crippen LogP contribution in [0.4, 0.5) is 0 Å². The lowest BCUT2D eigenvalue weighted by Gasteiger charge is -2.14. The third-order valence-corrected chi connectivity index (χ3v) is 3.99. The van der Waals surface area contributed by atoms with Gasteiger partial charge in [-0.3, -0.25) is 9.89 Å². The molecular weight excluding hydrogens is 304 g/mol. The molecule has 0 spiro atoms. The second-order valence-corrected chi connectivity index (χ2v) is 6.21. The topological polar surface area (TPSA) is 61.9 Å². The van der Waals surface area contributed by atoms with Gasteiger partial charge in [-0.15, -0.1) is 11.3 Å². The van der Waals surface area contributed by atoms with Crippen molar-refractivity contribution in [1.29, 1.82) is 0 Å². The lowest BCUT2D eigenvalue weighted by Crippen LogP contribution is -2.26. The van der Waals surface area contributed by atoms with Crippen molar-refractivity contribution in [3.8, 4) is 0 Å². The zero-order valence-corrected chi connectivity index (χ0v) is 11.8. The number of nitrogens with zero attached hydrogens (tertiary/aromatic N) is 3. The van der Waals surface area contributed by atoms with E-state index in [-0.39, 0.29) is 5.91 Å². The highest BCUT2D eigenvalue weighted by atomic mass is 79.9. The van der Waals surface area contributed by atoms with E-state index in [1.807, 2.05) is 13.0 Å². The zero-order chi connectivity index (χ0) is 12.4. The predicted molar refractivity (Wildman–Crippen MR) is 68.9 cm³/mol. The molecule has 17 heavy (non-hydrogen) atoms. The maximum atomic E-state index is 12.1. The van der Waals surface area contributed by atoms with Gasteiger partial charge in [0.15, 0.2) is 0 Å². The van der Waals surface area contributed by atoms with Crippen LogP contribution in [0.2, 0.25) is 0 Å². The summed E-state index contributed by atoms with van der Waals surface area (Å²) in [6.45, 7) is 2.39. The van der Waals surface area contributed by atoms with Crippen molar-refractivity contribution < 1.29 is 4.79 Å². The summed E-state index contributed by atoms with van der Waals surface area (Å²) in [5.74, 6) is 0.640. The first kappa shape index (κ1) is 12.3. The Morgan fingerprint density at radius 1 is 1.65 bits per heavy atom. The van der Waals surface area contributed by atoms with E-state index in [1.165, 1.54) is 6.33 Å². The number of aromatic nitrogens is 3. The molecule has 5 nitrogen and oxygen atoms in total. The van der Waals surface area contributed by atoms with Crippen LogP contribution in [0.25, 0.3) is 0 Å². The first-order valence-electron chi connectivity index (χ1n) is 4.93. The van der Waals surface area contributed by atoms with Crippen LogP contribution in [0, 0.1) is 6.92 Å². The standard InChI is InChI=1S/C10H11BrN4OS/c1-6-3-7(9(11)17-6)10(16)15(2)4-8-12-5-13-14-8/h3,5H,4H2,1-2H3,(H,12,13,14). The number of aromatic amines is 1. The zero-order valence-electron chi connectivity index (χ0n) is 9.40. The van der Waals surface area contributed by atoms with Gasteiger partial charge in [-0.05, 0) is 28.9 Å². The summed E-state index contributed by atoms with van der Waals surface area (Å²) >= 11 is 4.96. The quantitative estimate of drug-likeness (QED) is 0.944. The Bertz CT molecular complexity index is 522. The Hall–Kier alpha value is -1.21. The molecule has 0 saturated carbocycles. The monoisotopic (exact) mass is 314 g/mol. The highest BCUT2D eigenvalue weighted by molar-refractivity contribution is 9.11. The highest BCUT2D eigenvalue weighted by Gasteiger charge is 2.17. The van der Waals surface area contributed by atoms with Gasteiger partial charge in [0, 0.05) is 11.9 Å². The molecule has 0 atom stereocenters. The van der Waals surface area contributed by atoms with E-state index in [9.17, 15) is 4.79 Å². The fraction of sp³-hybridized carbons (Fsp3) is 0.300. The maximum absolute atomic E-state index is 12.1. The molecule has 0 bridgehead atoms. The number of carbonyl (C=O) groups excluding carboxylic acids is 1. The number of H-pyrrole nitrogens is 1. The Labute approximate surface area is 111 Å². The predicted octanol–water partition coefficient (Wildman–Crippen LogP) is 2.21. The number of carbonyl (C=O) groups is 1. The van der Waals surface area contributed by atoms with Gasteiger partial charge in [0.1, 0.15) is 12.2 Å². The average molecular weight is 315 g/mol. The lowest BCUT2D eigenvalue weighted by atomic mass is 10.3. The molecule has 0 aliphatic heterocycles. The Morgan fingerprint density at radius 3 is 2.94 bits per heavy atom. The molecule has 1 amide bonds. The van der Waals surface area contributed by atoms with Gasteiger partial charge >= 0.3 is 0 Å². The van der Waals surface area contributed by atoms with Crippen LogP contribution in [0.1, 0.15) is 21.1 Å². The molecule has 7 heteroatoms. The second kappa shape index (κ2) is 4.97. The summed E-state index contributed by atoms with van der Waals surface area (Å²) < 4.78 is 0.865. The van der Waals surface area contributed by atoms with E-state index >= 15 is 0 Å². The van der Waals surface area contributed by atoms with Crippen molar-refractivity contribution in [2.75, 3.05) is 7.05 Å². The minimum absolute atomic E-state index is 0.0300. The van der Waals surface area contributed by atoms with Crippen LogP contribution in [-0.4, -0.2) is 33.0 Å². The molecule has 2 aromatic heterocycles. The van der Waals surface area contributed by atoms with Gasteiger partial charge < -0.3 is 4.90 Å². The molecule has 2 rings (SSSR count). The molecule has 0 radical (unpaired) electrons. The van der Waals surface area contributed by atoms with Crippen LogP contribution < -0.4 is 0 Å². The minimum Gasteiger partial charge on any atom is -0.334 e. The largest absolute Gasteiger partial charge is 0.334 e. The summed E-state index contributed by atoms with van der Waals surface area (Å²) in [5, 5.41) is 6.48. The maximum Gasteiger partial charge on any atom is 0.256 e.